The molecule has 6 nitrogen and oxygen atoms in total. The third-order valence-electron chi connectivity index (χ3n) is 4.85. The van der Waals surface area contributed by atoms with Crippen LogP contribution < -0.4 is 20.7 Å². The molecule has 1 fully saturated rings. The van der Waals surface area contributed by atoms with Crippen molar-refractivity contribution in [2.24, 2.45) is 4.99 Å². The monoisotopic (exact) mass is 502 g/mol. The highest BCUT2D eigenvalue weighted by molar-refractivity contribution is 14.0. The molecular weight excluding hydrogens is 467 g/mol. The minimum absolute atomic E-state index is 0. The summed E-state index contributed by atoms with van der Waals surface area (Å²) in [6, 6.07) is 6.65. The third-order valence-corrected chi connectivity index (χ3v) is 4.85. The predicted octanol–water partition coefficient (Wildman–Crippen LogP) is 3.17. The van der Waals surface area contributed by atoms with Crippen molar-refractivity contribution >= 4 is 35.8 Å². The Morgan fingerprint density at radius 1 is 1.25 bits per heavy atom. The van der Waals surface area contributed by atoms with Gasteiger partial charge in [-0.05, 0) is 50.3 Å². The fraction of sp³-hybridized carbons (Fsp3) is 0.619. The van der Waals surface area contributed by atoms with Gasteiger partial charge in [-0.15, -0.1) is 24.0 Å². The van der Waals surface area contributed by atoms with E-state index in [0.29, 0.717) is 19.0 Å². The maximum atomic E-state index is 12.0. The van der Waals surface area contributed by atoms with E-state index < -0.39 is 0 Å². The van der Waals surface area contributed by atoms with Crippen LogP contribution in [0, 0.1) is 6.92 Å². The highest BCUT2D eigenvalue weighted by atomic mass is 127. The summed E-state index contributed by atoms with van der Waals surface area (Å²) >= 11 is 0. The molecule has 28 heavy (non-hydrogen) atoms. The fourth-order valence-corrected chi connectivity index (χ4v) is 3.33. The normalized spacial score (nSPS) is 14.3. The molecule has 1 aliphatic carbocycles. The number of halogens is 1. The van der Waals surface area contributed by atoms with Crippen LogP contribution in [0.15, 0.2) is 23.2 Å². The van der Waals surface area contributed by atoms with E-state index in [9.17, 15) is 4.79 Å². The van der Waals surface area contributed by atoms with Crippen LogP contribution in [0.4, 0.5) is 0 Å². The molecule has 0 aromatic heterocycles. The van der Waals surface area contributed by atoms with Crippen molar-refractivity contribution in [3.05, 3.63) is 29.3 Å². The van der Waals surface area contributed by atoms with Gasteiger partial charge in [-0.3, -0.25) is 9.79 Å². The van der Waals surface area contributed by atoms with Crippen molar-refractivity contribution in [3.63, 3.8) is 0 Å². The first-order chi connectivity index (χ1) is 13.1. The summed E-state index contributed by atoms with van der Waals surface area (Å²) in [6.45, 7) is 6.13. The number of hydrogen-bond donors (Lipinski definition) is 3. The summed E-state index contributed by atoms with van der Waals surface area (Å²) in [7, 11) is 1.70. The first kappa shape index (κ1) is 24.5. The highest BCUT2D eigenvalue weighted by Crippen LogP contribution is 2.19. The van der Waals surface area contributed by atoms with Crippen molar-refractivity contribution in [1.29, 1.82) is 0 Å². The summed E-state index contributed by atoms with van der Waals surface area (Å²) in [5.74, 6) is 1.78. The summed E-state index contributed by atoms with van der Waals surface area (Å²) in [5.41, 5.74) is 2.36. The van der Waals surface area contributed by atoms with E-state index in [2.05, 4.69) is 39.1 Å². The lowest BCUT2D eigenvalue weighted by molar-refractivity contribution is -0.121. The molecule has 0 radical (unpaired) electrons. The second-order valence-electron chi connectivity index (χ2n) is 7.04. The molecule has 7 heteroatoms. The lowest BCUT2D eigenvalue weighted by Gasteiger charge is -2.13. The van der Waals surface area contributed by atoms with Gasteiger partial charge >= 0.3 is 0 Å². The van der Waals surface area contributed by atoms with Gasteiger partial charge < -0.3 is 20.7 Å². The zero-order valence-electron chi connectivity index (χ0n) is 17.3. The van der Waals surface area contributed by atoms with Crippen LogP contribution >= 0.6 is 24.0 Å². The number of aryl methyl sites for hydroxylation is 1. The number of nitrogens with one attached hydrogen (secondary N) is 3. The molecule has 0 aliphatic heterocycles. The minimum Gasteiger partial charge on any atom is -0.496 e. The van der Waals surface area contributed by atoms with Crippen LogP contribution in [0.2, 0.25) is 0 Å². The quantitative estimate of drug-likeness (QED) is 0.276. The summed E-state index contributed by atoms with van der Waals surface area (Å²) < 4.78 is 5.38. The zero-order chi connectivity index (χ0) is 19.5. The van der Waals surface area contributed by atoms with Gasteiger partial charge in [0.2, 0.25) is 5.91 Å². The van der Waals surface area contributed by atoms with Gasteiger partial charge in [0.25, 0.3) is 0 Å². The van der Waals surface area contributed by atoms with E-state index in [1.165, 1.54) is 18.4 Å². The molecule has 0 unspecified atom stereocenters. The average molecular weight is 502 g/mol. The van der Waals surface area contributed by atoms with Crippen LogP contribution in [0.5, 0.6) is 5.75 Å². The standard InChI is InChI=1S/C21H34N4O2.HI/c1-4-22-21(24-14-12-20(26)25-18-7-5-6-8-18)23-13-11-17-10-9-16(2)19(15-17)27-3;/h9-10,15,18H,4-8,11-14H2,1-3H3,(H,25,26)(H2,22,23,24);1H. The van der Waals surface area contributed by atoms with Gasteiger partial charge in [0.15, 0.2) is 5.96 Å². The molecule has 0 bridgehead atoms. The number of nitrogens with zero attached hydrogens (tertiary/aromatic N) is 1. The molecule has 1 aliphatic rings. The lowest BCUT2D eigenvalue weighted by Crippen LogP contribution is -2.38. The minimum atomic E-state index is 0. The Bertz CT molecular complexity index is 631. The lowest BCUT2D eigenvalue weighted by atomic mass is 10.1. The van der Waals surface area contributed by atoms with Gasteiger partial charge in [-0.2, -0.15) is 0 Å². The molecule has 1 amide bonds. The topological polar surface area (TPSA) is 74.8 Å². The van der Waals surface area contributed by atoms with Gasteiger partial charge in [0.05, 0.1) is 13.7 Å². The van der Waals surface area contributed by atoms with Crippen LogP contribution in [0.3, 0.4) is 0 Å². The maximum Gasteiger partial charge on any atom is 0.222 e. The number of hydrogen-bond acceptors (Lipinski definition) is 3. The Morgan fingerprint density at radius 2 is 2.00 bits per heavy atom. The van der Waals surface area contributed by atoms with E-state index in [1.54, 1.807) is 7.11 Å². The predicted molar refractivity (Wildman–Crippen MR) is 126 cm³/mol. The number of aliphatic imine (C=N–C) groups is 1. The first-order valence-electron chi connectivity index (χ1n) is 10.1. The van der Waals surface area contributed by atoms with E-state index in [-0.39, 0.29) is 29.9 Å². The van der Waals surface area contributed by atoms with E-state index >= 15 is 0 Å². The van der Waals surface area contributed by atoms with Crippen LogP contribution in [0.1, 0.15) is 50.2 Å². The van der Waals surface area contributed by atoms with Crippen LogP contribution in [-0.4, -0.2) is 44.7 Å². The summed E-state index contributed by atoms with van der Waals surface area (Å²) in [5, 5.41) is 9.67. The SMILES string of the molecule is CCNC(=NCCC(=O)NC1CCCC1)NCCc1ccc(C)c(OC)c1.I. The van der Waals surface area contributed by atoms with E-state index in [1.807, 2.05) is 13.8 Å². The molecule has 158 valence electrons. The third kappa shape index (κ3) is 8.67. The number of benzene rings is 1. The Labute approximate surface area is 186 Å². The number of amides is 1. The molecule has 0 spiro atoms. The van der Waals surface area contributed by atoms with E-state index in [4.69, 9.17) is 4.74 Å². The smallest absolute Gasteiger partial charge is 0.222 e. The van der Waals surface area contributed by atoms with Gasteiger partial charge in [-0.1, -0.05) is 25.0 Å². The number of carbonyl (C=O) groups is 1. The Kier molecular flexibility index (Phi) is 11.9. The molecular formula is C21H35IN4O2. The Hall–Kier alpha value is -1.51. The summed E-state index contributed by atoms with van der Waals surface area (Å²) in [4.78, 5) is 16.5. The van der Waals surface area contributed by atoms with Crippen molar-refractivity contribution in [2.45, 2.75) is 58.4 Å². The number of guanidine groups is 1. The second-order valence-corrected chi connectivity index (χ2v) is 7.04. The molecule has 0 atom stereocenters. The number of rotatable bonds is 9. The van der Waals surface area contributed by atoms with Crippen molar-refractivity contribution in [1.82, 2.24) is 16.0 Å². The van der Waals surface area contributed by atoms with Crippen molar-refractivity contribution in [3.8, 4) is 5.75 Å². The number of ether oxygens (including phenoxy) is 1. The van der Waals surface area contributed by atoms with Gasteiger partial charge in [-0.25, -0.2) is 0 Å². The molecule has 1 aromatic carbocycles. The Morgan fingerprint density at radius 3 is 2.68 bits per heavy atom. The molecule has 3 N–H and O–H groups in total. The molecule has 0 heterocycles. The summed E-state index contributed by atoms with van der Waals surface area (Å²) in [6.07, 6.45) is 5.99. The van der Waals surface area contributed by atoms with Crippen molar-refractivity contribution in [2.75, 3.05) is 26.7 Å². The number of carbonyl (C=O) groups excluding carboxylic acids is 1. The highest BCUT2D eigenvalue weighted by Gasteiger charge is 2.16. The largest absolute Gasteiger partial charge is 0.496 e. The van der Waals surface area contributed by atoms with Gasteiger partial charge in [0, 0.05) is 25.6 Å². The van der Waals surface area contributed by atoms with Gasteiger partial charge in [0.1, 0.15) is 5.75 Å². The maximum absolute atomic E-state index is 12.0. The fourth-order valence-electron chi connectivity index (χ4n) is 3.33. The van der Waals surface area contributed by atoms with Crippen molar-refractivity contribution < 1.29 is 9.53 Å². The second kappa shape index (κ2) is 13.6. The van der Waals surface area contributed by atoms with Crippen LogP contribution in [-0.2, 0) is 11.2 Å². The molecule has 2 rings (SSSR count). The first-order valence-corrected chi connectivity index (χ1v) is 10.1. The zero-order valence-corrected chi connectivity index (χ0v) is 19.7. The van der Waals surface area contributed by atoms with E-state index in [0.717, 1.165) is 49.6 Å². The molecule has 1 saturated carbocycles. The number of methoxy groups -OCH3 is 1. The average Bonchev–Trinajstić information content (AvgIpc) is 3.16. The molecule has 0 saturated heterocycles. The van der Waals surface area contributed by atoms with Crippen LogP contribution in [0.25, 0.3) is 0 Å². The molecule has 1 aromatic rings. The Balaban J connectivity index is 0.00000392.